The van der Waals surface area contributed by atoms with Crippen LogP contribution in [-0.2, 0) is 11.2 Å². The molecule has 3 heteroatoms. The van der Waals surface area contributed by atoms with Crippen LogP contribution in [0.1, 0.15) is 24.8 Å². The zero-order chi connectivity index (χ0) is 11.4. The molecule has 1 saturated carbocycles. The maximum Gasteiger partial charge on any atom is 0.224 e. The summed E-state index contributed by atoms with van der Waals surface area (Å²) in [7, 11) is 0. The molecule has 0 bridgehead atoms. The second-order valence-electron chi connectivity index (χ2n) is 4.33. The fourth-order valence-corrected chi connectivity index (χ4v) is 2.55. The van der Waals surface area contributed by atoms with Gasteiger partial charge in [0.25, 0.3) is 0 Å². The van der Waals surface area contributed by atoms with Crippen LogP contribution in [-0.4, -0.2) is 17.2 Å². The number of hydrogen-bond acceptors (Lipinski definition) is 2. The molecule has 1 aromatic carbocycles. The topological polar surface area (TPSA) is 29.1 Å². The highest BCUT2D eigenvalue weighted by atomic mass is 32.1. The predicted molar refractivity (Wildman–Crippen MR) is 68.7 cm³/mol. The van der Waals surface area contributed by atoms with Crippen LogP contribution in [0.5, 0.6) is 0 Å². The molecule has 2 unspecified atom stereocenters. The van der Waals surface area contributed by atoms with Gasteiger partial charge in [-0.2, -0.15) is 12.6 Å². The number of benzene rings is 1. The predicted octanol–water partition coefficient (Wildman–Crippen LogP) is 2.20. The number of amides is 1. The molecule has 0 spiro atoms. The van der Waals surface area contributed by atoms with E-state index in [0.29, 0.717) is 11.7 Å². The van der Waals surface area contributed by atoms with Crippen molar-refractivity contribution >= 4 is 18.5 Å². The second kappa shape index (κ2) is 5.39. The first-order chi connectivity index (χ1) is 7.75. The van der Waals surface area contributed by atoms with Crippen LogP contribution >= 0.6 is 12.6 Å². The fraction of sp³-hybridized carbons (Fsp3) is 0.462. The molecule has 0 radical (unpaired) electrons. The van der Waals surface area contributed by atoms with Crippen molar-refractivity contribution in [1.29, 1.82) is 0 Å². The van der Waals surface area contributed by atoms with Gasteiger partial charge in [-0.15, -0.1) is 0 Å². The van der Waals surface area contributed by atoms with E-state index in [-0.39, 0.29) is 11.9 Å². The van der Waals surface area contributed by atoms with E-state index in [0.717, 1.165) is 18.4 Å². The molecule has 1 N–H and O–H groups in total. The zero-order valence-corrected chi connectivity index (χ0v) is 10.1. The van der Waals surface area contributed by atoms with Crippen molar-refractivity contribution in [3.8, 4) is 0 Å². The number of hydrogen-bond donors (Lipinski definition) is 2. The molecular weight excluding hydrogens is 218 g/mol. The average Bonchev–Trinajstić information content (AvgIpc) is 2.66. The maximum absolute atomic E-state index is 11.8. The molecule has 86 valence electrons. The zero-order valence-electron chi connectivity index (χ0n) is 9.23. The van der Waals surface area contributed by atoms with Crippen LogP contribution in [0.15, 0.2) is 30.3 Å². The summed E-state index contributed by atoms with van der Waals surface area (Å²) in [6, 6.07) is 10.1. The van der Waals surface area contributed by atoms with Gasteiger partial charge >= 0.3 is 0 Å². The van der Waals surface area contributed by atoms with Crippen molar-refractivity contribution in [2.75, 3.05) is 0 Å². The van der Waals surface area contributed by atoms with Gasteiger partial charge < -0.3 is 5.32 Å². The molecule has 16 heavy (non-hydrogen) atoms. The Hall–Kier alpha value is -0.960. The highest BCUT2D eigenvalue weighted by molar-refractivity contribution is 7.81. The van der Waals surface area contributed by atoms with Gasteiger partial charge in [-0.1, -0.05) is 36.8 Å². The van der Waals surface area contributed by atoms with Crippen molar-refractivity contribution in [2.45, 2.75) is 37.0 Å². The first-order valence-electron chi connectivity index (χ1n) is 5.77. The highest BCUT2D eigenvalue weighted by Crippen LogP contribution is 2.23. The van der Waals surface area contributed by atoms with Crippen LogP contribution in [0.2, 0.25) is 0 Å². The molecule has 0 aliphatic heterocycles. The lowest BCUT2D eigenvalue weighted by Crippen LogP contribution is -2.38. The number of nitrogens with one attached hydrogen (secondary N) is 1. The smallest absolute Gasteiger partial charge is 0.224 e. The third-order valence-electron chi connectivity index (χ3n) is 3.03. The Kier molecular flexibility index (Phi) is 3.88. The van der Waals surface area contributed by atoms with Crippen LogP contribution < -0.4 is 5.32 Å². The molecule has 2 rings (SSSR count). The lowest BCUT2D eigenvalue weighted by Gasteiger charge is -2.16. The van der Waals surface area contributed by atoms with E-state index in [1.54, 1.807) is 0 Å². The Bertz CT molecular complexity index is 352. The first kappa shape index (κ1) is 11.5. The van der Waals surface area contributed by atoms with Gasteiger partial charge in [0.15, 0.2) is 0 Å². The minimum absolute atomic E-state index is 0.108. The number of rotatable bonds is 3. The molecule has 0 saturated heterocycles. The molecule has 2 atom stereocenters. The Morgan fingerprint density at radius 3 is 2.69 bits per heavy atom. The highest BCUT2D eigenvalue weighted by Gasteiger charge is 2.25. The van der Waals surface area contributed by atoms with Crippen LogP contribution in [0.3, 0.4) is 0 Å². The van der Waals surface area contributed by atoms with Crippen molar-refractivity contribution in [3.05, 3.63) is 35.9 Å². The van der Waals surface area contributed by atoms with Crippen LogP contribution in [0.25, 0.3) is 0 Å². The van der Waals surface area contributed by atoms with Gasteiger partial charge in [0, 0.05) is 11.3 Å². The second-order valence-corrected chi connectivity index (χ2v) is 5.00. The van der Waals surface area contributed by atoms with Gasteiger partial charge in [-0.25, -0.2) is 0 Å². The molecule has 1 aliphatic rings. The Labute approximate surface area is 102 Å². The maximum atomic E-state index is 11.8. The third kappa shape index (κ3) is 3.01. The number of carbonyl (C=O) groups excluding carboxylic acids is 1. The summed E-state index contributed by atoms with van der Waals surface area (Å²) in [4.78, 5) is 11.8. The van der Waals surface area contributed by atoms with Gasteiger partial charge in [0.1, 0.15) is 0 Å². The van der Waals surface area contributed by atoms with E-state index in [9.17, 15) is 4.79 Å². The summed E-state index contributed by atoms with van der Waals surface area (Å²) in [5, 5.41) is 3.39. The Balaban J connectivity index is 1.85. The molecule has 0 heterocycles. The first-order valence-corrected chi connectivity index (χ1v) is 6.29. The summed E-state index contributed by atoms with van der Waals surface area (Å²) in [5.74, 6) is 0.108. The fourth-order valence-electron chi connectivity index (χ4n) is 2.15. The van der Waals surface area contributed by atoms with E-state index in [1.165, 1.54) is 6.42 Å². The van der Waals surface area contributed by atoms with Gasteiger partial charge in [0.05, 0.1) is 6.42 Å². The molecule has 2 nitrogen and oxygen atoms in total. The van der Waals surface area contributed by atoms with Gasteiger partial charge in [0.2, 0.25) is 5.91 Å². The van der Waals surface area contributed by atoms with E-state index >= 15 is 0 Å². The van der Waals surface area contributed by atoms with Crippen molar-refractivity contribution < 1.29 is 4.79 Å². The van der Waals surface area contributed by atoms with Crippen molar-refractivity contribution in [2.24, 2.45) is 0 Å². The number of carbonyl (C=O) groups is 1. The van der Waals surface area contributed by atoms with Crippen LogP contribution in [0.4, 0.5) is 0 Å². The third-order valence-corrected chi connectivity index (χ3v) is 3.65. The van der Waals surface area contributed by atoms with E-state index in [2.05, 4.69) is 17.9 Å². The minimum Gasteiger partial charge on any atom is -0.352 e. The summed E-state index contributed by atoms with van der Waals surface area (Å²) in [6.45, 7) is 0. The molecule has 1 fully saturated rings. The monoisotopic (exact) mass is 235 g/mol. The standard InChI is InChI=1S/C13H17NOS/c15-13(9-10-5-2-1-3-6-10)14-11-7-4-8-12(11)16/h1-3,5-6,11-12,16H,4,7-9H2,(H,14,15). The van der Waals surface area contributed by atoms with Crippen molar-refractivity contribution in [1.82, 2.24) is 5.32 Å². The number of thiol groups is 1. The molecule has 0 aromatic heterocycles. The minimum atomic E-state index is 0.108. The normalized spacial score (nSPS) is 24.3. The van der Waals surface area contributed by atoms with Gasteiger partial charge in [-0.05, 0) is 18.4 Å². The average molecular weight is 235 g/mol. The molecule has 1 amide bonds. The van der Waals surface area contributed by atoms with Gasteiger partial charge in [-0.3, -0.25) is 4.79 Å². The van der Waals surface area contributed by atoms with E-state index < -0.39 is 0 Å². The summed E-state index contributed by atoms with van der Waals surface area (Å²) < 4.78 is 0. The Morgan fingerprint density at radius 1 is 1.31 bits per heavy atom. The molecule has 1 aromatic rings. The molecular formula is C13H17NOS. The molecule has 1 aliphatic carbocycles. The summed E-state index contributed by atoms with van der Waals surface area (Å²) in [6.07, 6.45) is 3.82. The lowest BCUT2D eigenvalue weighted by atomic mass is 10.1. The SMILES string of the molecule is O=C(Cc1ccccc1)NC1CCCC1S. The largest absolute Gasteiger partial charge is 0.352 e. The van der Waals surface area contributed by atoms with E-state index in [4.69, 9.17) is 0 Å². The summed E-state index contributed by atoms with van der Waals surface area (Å²) >= 11 is 4.47. The van der Waals surface area contributed by atoms with Crippen molar-refractivity contribution in [3.63, 3.8) is 0 Å². The van der Waals surface area contributed by atoms with E-state index in [1.807, 2.05) is 30.3 Å². The van der Waals surface area contributed by atoms with Crippen LogP contribution in [0, 0.1) is 0 Å². The Morgan fingerprint density at radius 2 is 2.06 bits per heavy atom. The lowest BCUT2D eigenvalue weighted by molar-refractivity contribution is -0.121. The quantitative estimate of drug-likeness (QED) is 0.773. The summed E-state index contributed by atoms with van der Waals surface area (Å²) in [5.41, 5.74) is 1.06.